The lowest BCUT2D eigenvalue weighted by molar-refractivity contribution is -0.120. The molecule has 0 rings (SSSR count). The standard InChI is InChI=1S/C11H19F2IO/c1-4-10(15)6-8(2)5-9(3)11(12,13)7-14/h8-9H,4-7H2,1-3H3. The van der Waals surface area contributed by atoms with Crippen molar-refractivity contribution in [2.45, 2.75) is 46.0 Å². The molecular formula is C11H19F2IO. The van der Waals surface area contributed by atoms with Crippen LogP contribution in [0, 0.1) is 11.8 Å². The predicted octanol–water partition coefficient (Wildman–Crippen LogP) is 4.09. The zero-order valence-electron chi connectivity index (χ0n) is 9.53. The fraction of sp³-hybridized carbons (Fsp3) is 0.909. The Hall–Kier alpha value is 0.260. The summed E-state index contributed by atoms with van der Waals surface area (Å²) < 4.78 is 26.3. The summed E-state index contributed by atoms with van der Waals surface area (Å²) in [6, 6.07) is 0. The van der Waals surface area contributed by atoms with Crippen molar-refractivity contribution in [1.29, 1.82) is 0 Å². The van der Waals surface area contributed by atoms with Gasteiger partial charge in [0.1, 0.15) is 5.78 Å². The molecule has 0 aromatic heterocycles. The molecule has 0 amide bonds. The summed E-state index contributed by atoms with van der Waals surface area (Å²) in [6.07, 6.45) is 1.35. The predicted molar refractivity (Wildman–Crippen MR) is 66.7 cm³/mol. The normalized spacial score (nSPS) is 16.1. The molecule has 2 unspecified atom stereocenters. The molecule has 0 radical (unpaired) electrons. The van der Waals surface area contributed by atoms with Gasteiger partial charge < -0.3 is 0 Å². The minimum atomic E-state index is -2.61. The van der Waals surface area contributed by atoms with Gasteiger partial charge in [-0.15, -0.1) is 0 Å². The number of halogens is 3. The molecule has 0 aliphatic rings. The number of hydrogen-bond acceptors (Lipinski definition) is 1. The van der Waals surface area contributed by atoms with Crippen molar-refractivity contribution in [2.24, 2.45) is 11.8 Å². The van der Waals surface area contributed by atoms with E-state index in [1.54, 1.807) is 36.4 Å². The fourth-order valence-corrected chi connectivity index (χ4v) is 2.28. The molecule has 0 spiro atoms. The van der Waals surface area contributed by atoms with Gasteiger partial charge in [0.05, 0.1) is 4.43 Å². The van der Waals surface area contributed by atoms with Crippen molar-refractivity contribution in [3.63, 3.8) is 0 Å². The number of alkyl halides is 3. The van der Waals surface area contributed by atoms with E-state index in [0.717, 1.165) is 0 Å². The molecule has 2 atom stereocenters. The van der Waals surface area contributed by atoms with E-state index in [1.807, 2.05) is 6.92 Å². The third kappa shape index (κ3) is 5.78. The summed E-state index contributed by atoms with van der Waals surface area (Å²) in [7, 11) is 0. The van der Waals surface area contributed by atoms with Gasteiger partial charge in [-0.1, -0.05) is 43.4 Å². The van der Waals surface area contributed by atoms with Gasteiger partial charge >= 0.3 is 0 Å². The largest absolute Gasteiger partial charge is 0.300 e. The maximum atomic E-state index is 13.2. The van der Waals surface area contributed by atoms with E-state index >= 15 is 0 Å². The molecule has 0 aromatic carbocycles. The number of rotatable bonds is 7. The van der Waals surface area contributed by atoms with Gasteiger partial charge in [0.25, 0.3) is 5.92 Å². The van der Waals surface area contributed by atoms with Crippen molar-refractivity contribution in [3.8, 4) is 0 Å². The number of Topliss-reactive ketones (excluding diaryl/α,β-unsaturated/α-hetero) is 1. The van der Waals surface area contributed by atoms with E-state index in [-0.39, 0.29) is 16.1 Å². The minimum Gasteiger partial charge on any atom is -0.300 e. The Balaban J connectivity index is 4.06. The second-order valence-corrected chi connectivity index (χ2v) is 5.00. The first-order valence-electron chi connectivity index (χ1n) is 5.29. The molecule has 0 saturated heterocycles. The molecule has 0 aliphatic carbocycles. The van der Waals surface area contributed by atoms with Crippen LogP contribution >= 0.6 is 22.6 Å². The van der Waals surface area contributed by atoms with Crippen LogP contribution in [0.2, 0.25) is 0 Å². The zero-order valence-corrected chi connectivity index (χ0v) is 11.7. The second kappa shape index (κ2) is 6.76. The van der Waals surface area contributed by atoms with Gasteiger partial charge in [-0.3, -0.25) is 4.79 Å². The maximum Gasteiger partial charge on any atom is 0.259 e. The molecule has 15 heavy (non-hydrogen) atoms. The average Bonchev–Trinajstić information content (AvgIpc) is 2.17. The molecule has 0 aliphatic heterocycles. The molecule has 0 aromatic rings. The lowest BCUT2D eigenvalue weighted by Crippen LogP contribution is -2.29. The Morgan fingerprint density at radius 3 is 2.33 bits per heavy atom. The van der Waals surface area contributed by atoms with E-state index < -0.39 is 11.8 Å². The Morgan fingerprint density at radius 1 is 1.40 bits per heavy atom. The fourth-order valence-electron chi connectivity index (χ4n) is 1.52. The van der Waals surface area contributed by atoms with Crippen molar-refractivity contribution in [2.75, 3.05) is 4.43 Å². The Labute approximate surface area is 104 Å². The summed E-state index contributed by atoms with van der Waals surface area (Å²) in [5.74, 6) is -3.04. The molecule has 90 valence electrons. The van der Waals surface area contributed by atoms with Crippen LogP contribution in [-0.4, -0.2) is 16.1 Å². The van der Waals surface area contributed by atoms with Gasteiger partial charge in [0.15, 0.2) is 0 Å². The van der Waals surface area contributed by atoms with Crippen LogP contribution < -0.4 is 0 Å². The number of carbonyl (C=O) groups is 1. The van der Waals surface area contributed by atoms with Crippen LogP contribution in [0.5, 0.6) is 0 Å². The van der Waals surface area contributed by atoms with E-state index in [9.17, 15) is 13.6 Å². The molecule has 0 saturated carbocycles. The van der Waals surface area contributed by atoms with Crippen molar-refractivity contribution in [1.82, 2.24) is 0 Å². The maximum absolute atomic E-state index is 13.2. The summed E-state index contributed by atoms with van der Waals surface area (Å²) >= 11 is 1.71. The number of hydrogen-bond donors (Lipinski definition) is 0. The summed E-state index contributed by atoms with van der Waals surface area (Å²) in [4.78, 5) is 11.1. The average molecular weight is 332 g/mol. The summed E-state index contributed by atoms with van der Waals surface area (Å²) in [5, 5.41) is 0. The lowest BCUT2D eigenvalue weighted by atomic mass is 9.89. The highest BCUT2D eigenvalue weighted by Crippen LogP contribution is 2.32. The van der Waals surface area contributed by atoms with Gasteiger partial charge in [-0.2, -0.15) is 0 Å². The van der Waals surface area contributed by atoms with Gasteiger partial charge in [0, 0.05) is 18.8 Å². The van der Waals surface area contributed by atoms with Crippen LogP contribution in [0.4, 0.5) is 8.78 Å². The quantitative estimate of drug-likeness (QED) is 0.507. The van der Waals surface area contributed by atoms with Gasteiger partial charge in [0.2, 0.25) is 0 Å². The van der Waals surface area contributed by atoms with Crippen LogP contribution in [0.3, 0.4) is 0 Å². The zero-order chi connectivity index (χ0) is 12.1. The minimum absolute atomic E-state index is 0.0567. The van der Waals surface area contributed by atoms with E-state index in [0.29, 0.717) is 19.3 Å². The Kier molecular flexibility index (Phi) is 6.88. The van der Waals surface area contributed by atoms with Crippen molar-refractivity contribution in [3.05, 3.63) is 0 Å². The molecule has 4 heteroatoms. The first-order chi connectivity index (χ1) is 6.83. The van der Waals surface area contributed by atoms with Gasteiger partial charge in [-0.05, 0) is 12.3 Å². The molecule has 0 N–H and O–H groups in total. The Morgan fingerprint density at radius 2 is 1.93 bits per heavy atom. The highest BCUT2D eigenvalue weighted by Gasteiger charge is 2.35. The van der Waals surface area contributed by atoms with Gasteiger partial charge in [-0.25, -0.2) is 8.78 Å². The summed E-state index contributed by atoms with van der Waals surface area (Å²) in [5.41, 5.74) is 0. The van der Waals surface area contributed by atoms with Crippen LogP contribution in [0.1, 0.15) is 40.0 Å². The van der Waals surface area contributed by atoms with Crippen LogP contribution in [-0.2, 0) is 4.79 Å². The smallest absolute Gasteiger partial charge is 0.259 e. The first-order valence-corrected chi connectivity index (χ1v) is 6.81. The van der Waals surface area contributed by atoms with Crippen LogP contribution in [0.25, 0.3) is 0 Å². The third-order valence-electron chi connectivity index (χ3n) is 2.63. The molecular weight excluding hydrogens is 313 g/mol. The van der Waals surface area contributed by atoms with Crippen LogP contribution in [0.15, 0.2) is 0 Å². The highest BCUT2D eigenvalue weighted by atomic mass is 127. The van der Waals surface area contributed by atoms with E-state index in [4.69, 9.17) is 0 Å². The third-order valence-corrected chi connectivity index (χ3v) is 3.64. The summed E-state index contributed by atoms with van der Waals surface area (Å²) in [6.45, 7) is 5.23. The second-order valence-electron chi connectivity index (χ2n) is 4.23. The van der Waals surface area contributed by atoms with E-state index in [2.05, 4.69) is 0 Å². The Bertz CT molecular complexity index is 207. The van der Waals surface area contributed by atoms with E-state index in [1.165, 1.54) is 0 Å². The topological polar surface area (TPSA) is 17.1 Å². The molecule has 0 fully saturated rings. The molecule has 0 heterocycles. The first kappa shape index (κ1) is 15.3. The molecule has 0 bridgehead atoms. The number of carbonyl (C=O) groups excluding carboxylic acids is 1. The lowest BCUT2D eigenvalue weighted by Gasteiger charge is -2.24. The van der Waals surface area contributed by atoms with Crippen molar-refractivity contribution < 1.29 is 13.6 Å². The SMILES string of the molecule is CCC(=O)CC(C)CC(C)C(F)(F)CI. The molecule has 1 nitrogen and oxygen atoms in total. The highest BCUT2D eigenvalue weighted by molar-refractivity contribution is 14.1. The monoisotopic (exact) mass is 332 g/mol. The van der Waals surface area contributed by atoms with Crippen molar-refractivity contribution >= 4 is 28.4 Å². The number of ketones is 1.